The molecule has 1 N–H and O–H groups in total. The minimum atomic E-state index is 0.599. The molecule has 0 bridgehead atoms. The lowest BCUT2D eigenvalue weighted by Crippen LogP contribution is -1.92. The van der Waals surface area contributed by atoms with E-state index in [1.54, 1.807) is 6.07 Å². The molecule has 0 heterocycles. The van der Waals surface area contributed by atoms with E-state index < -0.39 is 0 Å². The van der Waals surface area contributed by atoms with Crippen LogP contribution in [0.2, 0.25) is 5.02 Å². The Morgan fingerprint density at radius 3 is 2.50 bits per heavy atom. The largest absolute Gasteiger partial charge is 0.354 e. The zero-order chi connectivity index (χ0) is 13.1. The molecule has 2 aromatic carbocycles. The van der Waals surface area contributed by atoms with E-state index in [9.17, 15) is 0 Å². The zero-order valence-electron chi connectivity index (χ0n) is 9.05. The lowest BCUT2D eigenvalue weighted by molar-refractivity contribution is 1.45. The third-order valence-corrected chi connectivity index (χ3v) is 3.76. The molecule has 0 aliphatic carbocycles. The summed E-state index contributed by atoms with van der Waals surface area (Å²) < 4.78 is 1.68. The number of hydrogen-bond donors (Lipinski definition) is 1. The molecule has 2 rings (SSSR count). The van der Waals surface area contributed by atoms with Crippen LogP contribution in [0.3, 0.4) is 0 Å². The molecule has 0 aliphatic heterocycles. The van der Waals surface area contributed by atoms with Gasteiger partial charge in [-0.15, -0.1) is 0 Å². The molecule has 0 aromatic heterocycles. The van der Waals surface area contributed by atoms with E-state index in [1.807, 2.05) is 30.3 Å². The highest BCUT2D eigenvalue weighted by Gasteiger charge is 2.04. The number of halogens is 3. The fourth-order valence-corrected chi connectivity index (χ4v) is 2.62. The van der Waals surface area contributed by atoms with Crippen LogP contribution in [0.4, 0.5) is 11.4 Å². The maximum Gasteiger partial charge on any atom is 0.100 e. The van der Waals surface area contributed by atoms with Crippen LogP contribution >= 0.6 is 43.5 Å². The van der Waals surface area contributed by atoms with Gasteiger partial charge in [-0.05, 0) is 52.3 Å². The molecule has 0 saturated carbocycles. The zero-order valence-corrected chi connectivity index (χ0v) is 13.0. The van der Waals surface area contributed by atoms with Gasteiger partial charge in [0.1, 0.15) is 6.07 Å². The fourth-order valence-electron chi connectivity index (χ4n) is 1.43. The molecule has 0 amide bonds. The molecule has 0 saturated heterocycles. The monoisotopic (exact) mass is 384 g/mol. The molecule has 0 radical (unpaired) electrons. The van der Waals surface area contributed by atoms with Crippen molar-refractivity contribution in [3.8, 4) is 6.07 Å². The van der Waals surface area contributed by atoms with Gasteiger partial charge in [-0.1, -0.05) is 27.5 Å². The topological polar surface area (TPSA) is 35.8 Å². The number of rotatable bonds is 2. The van der Waals surface area contributed by atoms with Gasteiger partial charge in [0, 0.05) is 14.6 Å². The van der Waals surface area contributed by atoms with Crippen LogP contribution in [-0.4, -0.2) is 0 Å². The third kappa shape index (κ3) is 3.05. The van der Waals surface area contributed by atoms with E-state index in [1.165, 1.54) is 0 Å². The summed E-state index contributed by atoms with van der Waals surface area (Å²) in [4.78, 5) is 0. The molecule has 0 atom stereocenters. The predicted octanol–water partition coefficient (Wildman–Crippen LogP) is 5.48. The predicted molar refractivity (Wildman–Crippen MR) is 81.3 cm³/mol. The van der Waals surface area contributed by atoms with Crippen LogP contribution in [0.25, 0.3) is 0 Å². The second-order valence-electron chi connectivity index (χ2n) is 3.56. The lowest BCUT2D eigenvalue weighted by atomic mass is 10.2. The minimum absolute atomic E-state index is 0.599. The SMILES string of the molecule is N#Cc1ccc(Nc2ccc(Br)cc2Cl)cc1Br. The van der Waals surface area contributed by atoms with Crippen molar-refractivity contribution in [3.05, 3.63) is 55.9 Å². The van der Waals surface area contributed by atoms with Crippen LogP contribution in [-0.2, 0) is 0 Å². The Bertz CT molecular complexity index is 635. The van der Waals surface area contributed by atoms with E-state index in [0.29, 0.717) is 10.6 Å². The van der Waals surface area contributed by atoms with Crippen molar-refractivity contribution in [1.29, 1.82) is 5.26 Å². The summed E-state index contributed by atoms with van der Waals surface area (Å²) in [6, 6.07) is 13.1. The van der Waals surface area contributed by atoms with Crippen molar-refractivity contribution in [2.75, 3.05) is 5.32 Å². The fraction of sp³-hybridized carbons (Fsp3) is 0. The summed E-state index contributed by atoms with van der Waals surface area (Å²) in [6.07, 6.45) is 0. The quantitative estimate of drug-likeness (QED) is 0.742. The summed E-state index contributed by atoms with van der Waals surface area (Å²) in [6.45, 7) is 0. The number of nitriles is 1. The molecular formula is C13H7Br2ClN2. The first kappa shape index (κ1) is 13.4. The highest BCUT2D eigenvalue weighted by Crippen LogP contribution is 2.30. The highest BCUT2D eigenvalue weighted by molar-refractivity contribution is 9.10. The Balaban J connectivity index is 2.29. The van der Waals surface area contributed by atoms with E-state index >= 15 is 0 Å². The molecule has 2 nitrogen and oxygen atoms in total. The van der Waals surface area contributed by atoms with Crippen molar-refractivity contribution in [2.24, 2.45) is 0 Å². The smallest absolute Gasteiger partial charge is 0.100 e. The Morgan fingerprint density at radius 2 is 1.89 bits per heavy atom. The van der Waals surface area contributed by atoms with Crippen molar-refractivity contribution < 1.29 is 0 Å². The maximum absolute atomic E-state index is 8.85. The van der Waals surface area contributed by atoms with E-state index in [0.717, 1.165) is 20.3 Å². The molecule has 18 heavy (non-hydrogen) atoms. The standard InChI is InChI=1S/C13H7Br2ClN2/c14-9-2-4-13(12(16)5-9)18-10-3-1-8(7-17)11(15)6-10/h1-6,18H. The van der Waals surface area contributed by atoms with Gasteiger partial charge in [0.15, 0.2) is 0 Å². The molecule has 0 spiro atoms. The summed E-state index contributed by atoms with van der Waals surface area (Å²) >= 11 is 12.8. The average molecular weight is 386 g/mol. The van der Waals surface area contributed by atoms with Gasteiger partial charge in [0.2, 0.25) is 0 Å². The normalized spacial score (nSPS) is 9.89. The number of nitrogens with one attached hydrogen (secondary N) is 1. The van der Waals surface area contributed by atoms with E-state index in [2.05, 4.69) is 43.2 Å². The lowest BCUT2D eigenvalue weighted by Gasteiger charge is -2.09. The highest BCUT2D eigenvalue weighted by atomic mass is 79.9. The van der Waals surface area contributed by atoms with Gasteiger partial charge in [0.25, 0.3) is 0 Å². The van der Waals surface area contributed by atoms with Gasteiger partial charge < -0.3 is 5.32 Å². The van der Waals surface area contributed by atoms with Crippen LogP contribution in [0.15, 0.2) is 45.3 Å². The van der Waals surface area contributed by atoms with Crippen molar-refractivity contribution >= 4 is 54.8 Å². The van der Waals surface area contributed by atoms with Crippen LogP contribution in [0.5, 0.6) is 0 Å². The molecule has 5 heteroatoms. The summed E-state index contributed by atoms with van der Waals surface area (Å²) in [5.74, 6) is 0. The number of nitrogens with zero attached hydrogens (tertiary/aromatic N) is 1. The third-order valence-electron chi connectivity index (χ3n) is 2.30. The Hall–Kier alpha value is -1.02. The first-order valence-corrected chi connectivity index (χ1v) is 6.98. The molecular weight excluding hydrogens is 379 g/mol. The first-order chi connectivity index (χ1) is 8.60. The maximum atomic E-state index is 8.85. The van der Waals surface area contributed by atoms with Gasteiger partial charge in [-0.25, -0.2) is 0 Å². The van der Waals surface area contributed by atoms with Crippen LogP contribution in [0, 0.1) is 11.3 Å². The Labute approximate surface area is 127 Å². The summed E-state index contributed by atoms with van der Waals surface area (Å²) in [7, 11) is 0. The van der Waals surface area contributed by atoms with Crippen LogP contribution in [0.1, 0.15) is 5.56 Å². The number of hydrogen-bond acceptors (Lipinski definition) is 2. The van der Waals surface area contributed by atoms with Gasteiger partial charge in [0.05, 0.1) is 16.3 Å². The molecule has 0 aliphatic rings. The second-order valence-corrected chi connectivity index (χ2v) is 5.73. The van der Waals surface area contributed by atoms with Gasteiger partial charge in [-0.2, -0.15) is 5.26 Å². The van der Waals surface area contributed by atoms with E-state index in [-0.39, 0.29) is 0 Å². The molecule has 2 aromatic rings. The van der Waals surface area contributed by atoms with Gasteiger partial charge in [-0.3, -0.25) is 0 Å². The number of benzene rings is 2. The first-order valence-electron chi connectivity index (χ1n) is 5.02. The van der Waals surface area contributed by atoms with Crippen molar-refractivity contribution in [2.45, 2.75) is 0 Å². The number of anilines is 2. The second kappa shape index (κ2) is 5.75. The average Bonchev–Trinajstić information content (AvgIpc) is 2.33. The molecule has 0 unspecified atom stereocenters. The molecule has 0 fully saturated rings. The Kier molecular flexibility index (Phi) is 4.28. The van der Waals surface area contributed by atoms with Gasteiger partial charge >= 0.3 is 0 Å². The molecule has 90 valence electrons. The van der Waals surface area contributed by atoms with Crippen LogP contribution < -0.4 is 5.32 Å². The Morgan fingerprint density at radius 1 is 1.11 bits per heavy atom. The summed E-state index contributed by atoms with van der Waals surface area (Å²) in [5.41, 5.74) is 2.28. The van der Waals surface area contributed by atoms with Crippen molar-refractivity contribution in [1.82, 2.24) is 0 Å². The van der Waals surface area contributed by atoms with E-state index in [4.69, 9.17) is 16.9 Å². The summed E-state index contributed by atoms with van der Waals surface area (Å²) in [5, 5.41) is 12.7. The van der Waals surface area contributed by atoms with Crippen molar-refractivity contribution in [3.63, 3.8) is 0 Å². The minimum Gasteiger partial charge on any atom is -0.354 e.